The normalized spacial score (nSPS) is 30.2. The molecule has 0 aromatic heterocycles. The van der Waals surface area contributed by atoms with Gasteiger partial charge in [0.1, 0.15) is 6.17 Å². The molecule has 2 heterocycles. The highest BCUT2D eigenvalue weighted by Gasteiger charge is 2.39. The number of nitrogens with one attached hydrogen (secondary N) is 1. The Morgan fingerprint density at radius 1 is 1.40 bits per heavy atom. The van der Waals surface area contributed by atoms with E-state index in [4.69, 9.17) is 4.74 Å². The Hall–Kier alpha value is -1.39. The van der Waals surface area contributed by atoms with Crippen molar-refractivity contribution in [3.05, 3.63) is 35.4 Å². The molecule has 3 rings (SSSR count). The number of hydrogen-bond acceptors (Lipinski definition) is 3. The summed E-state index contributed by atoms with van der Waals surface area (Å²) in [6.07, 6.45) is 2.09. The van der Waals surface area contributed by atoms with Crippen LogP contribution < -0.4 is 5.32 Å². The third kappa shape index (κ3) is 2.58. The van der Waals surface area contributed by atoms with Gasteiger partial charge in [-0.1, -0.05) is 29.8 Å². The number of carbonyl (C=O) groups excluding carboxylic acids is 1. The summed E-state index contributed by atoms with van der Waals surface area (Å²) in [7, 11) is 0. The lowest BCUT2D eigenvalue weighted by molar-refractivity contribution is -0.131. The number of benzene rings is 1. The fourth-order valence-corrected chi connectivity index (χ4v) is 3.09. The van der Waals surface area contributed by atoms with Crippen LogP contribution >= 0.6 is 0 Å². The smallest absolute Gasteiger partial charge is 0.238 e. The molecule has 4 nitrogen and oxygen atoms in total. The second kappa shape index (κ2) is 5.19. The second-order valence-electron chi connectivity index (χ2n) is 6.12. The van der Waals surface area contributed by atoms with E-state index in [-0.39, 0.29) is 17.7 Å². The molecule has 0 radical (unpaired) electrons. The minimum atomic E-state index is -0.190. The van der Waals surface area contributed by atoms with Crippen molar-refractivity contribution in [1.82, 2.24) is 10.2 Å². The summed E-state index contributed by atoms with van der Waals surface area (Å²) in [4.78, 5) is 14.1. The summed E-state index contributed by atoms with van der Waals surface area (Å²) in [5.41, 5.74) is 2.18. The largest absolute Gasteiger partial charge is 0.373 e. The summed E-state index contributed by atoms with van der Waals surface area (Å²) < 4.78 is 5.83. The molecule has 0 spiro atoms. The van der Waals surface area contributed by atoms with Crippen LogP contribution in [0.5, 0.6) is 0 Å². The molecule has 2 atom stereocenters. The first-order chi connectivity index (χ1) is 9.57. The predicted octanol–water partition coefficient (Wildman–Crippen LogP) is 1.99. The first-order valence-electron chi connectivity index (χ1n) is 7.31. The van der Waals surface area contributed by atoms with Crippen molar-refractivity contribution in [3.63, 3.8) is 0 Å². The van der Waals surface area contributed by atoms with Crippen molar-refractivity contribution in [2.45, 2.75) is 38.5 Å². The topological polar surface area (TPSA) is 41.6 Å². The average molecular weight is 274 g/mol. The van der Waals surface area contributed by atoms with Crippen LogP contribution in [0.15, 0.2) is 24.3 Å². The van der Waals surface area contributed by atoms with Crippen molar-refractivity contribution in [2.24, 2.45) is 0 Å². The van der Waals surface area contributed by atoms with E-state index in [1.165, 1.54) is 5.56 Å². The lowest BCUT2D eigenvalue weighted by Crippen LogP contribution is -2.43. The maximum atomic E-state index is 12.2. The molecule has 2 saturated heterocycles. The molecule has 108 valence electrons. The highest BCUT2D eigenvalue weighted by molar-refractivity contribution is 5.81. The Morgan fingerprint density at radius 3 is 2.80 bits per heavy atom. The highest BCUT2D eigenvalue weighted by atomic mass is 16.5. The first-order valence-corrected chi connectivity index (χ1v) is 7.31. The molecule has 1 aromatic rings. The zero-order valence-corrected chi connectivity index (χ0v) is 12.2. The molecular weight excluding hydrogens is 252 g/mol. The van der Waals surface area contributed by atoms with Crippen molar-refractivity contribution < 1.29 is 9.53 Å². The Balaban J connectivity index is 1.79. The maximum absolute atomic E-state index is 12.2. The second-order valence-corrected chi connectivity index (χ2v) is 6.12. The van der Waals surface area contributed by atoms with Gasteiger partial charge >= 0.3 is 0 Å². The minimum Gasteiger partial charge on any atom is -0.373 e. The molecule has 2 aliphatic rings. The molecule has 0 saturated carbocycles. The zero-order chi connectivity index (χ0) is 14.2. The summed E-state index contributed by atoms with van der Waals surface area (Å²) in [6.45, 7) is 6.06. The molecule has 2 unspecified atom stereocenters. The molecule has 1 amide bonds. The molecular formula is C16H22N2O2. The van der Waals surface area contributed by atoms with Crippen molar-refractivity contribution in [1.29, 1.82) is 0 Å². The van der Waals surface area contributed by atoms with Gasteiger partial charge in [0.25, 0.3) is 0 Å². The van der Waals surface area contributed by atoms with Crippen LogP contribution in [0.4, 0.5) is 0 Å². The van der Waals surface area contributed by atoms with Crippen LogP contribution in [-0.4, -0.2) is 36.1 Å². The van der Waals surface area contributed by atoms with Gasteiger partial charge < -0.3 is 9.64 Å². The highest BCUT2D eigenvalue weighted by Crippen LogP contribution is 2.31. The summed E-state index contributed by atoms with van der Waals surface area (Å²) >= 11 is 0. The Kier molecular flexibility index (Phi) is 3.52. The summed E-state index contributed by atoms with van der Waals surface area (Å²) in [5.74, 6) is 0.160. The van der Waals surface area contributed by atoms with Gasteiger partial charge in [0.15, 0.2) is 0 Å². The van der Waals surface area contributed by atoms with E-state index in [1.54, 1.807) is 0 Å². The molecule has 2 fully saturated rings. The van der Waals surface area contributed by atoms with E-state index in [9.17, 15) is 4.79 Å². The average Bonchev–Trinajstić information content (AvgIpc) is 3.00. The third-order valence-electron chi connectivity index (χ3n) is 4.28. The number of aryl methyl sites for hydroxylation is 1. The van der Waals surface area contributed by atoms with Crippen molar-refractivity contribution in [3.8, 4) is 0 Å². The van der Waals surface area contributed by atoms with Crippen LogP contribution in [0.25, 0.3) is 0 Å². The maximum Gasteiger partial charge on any atom is 0.238 e. The van der Waals surface area contributed by atoms with E-state index in [0.29, 0.717) is 13.1 Å². The number of nitrogens with zero attached hydrogens (tertiary/aromatic N) is 1. The van der Waals surface area contributed by atoms with Crippen molar-refractivity contribution >= 4 is 5.91 Å². The van der Waals surface area contributed by atoms with Gasteiger partial charge in [0, 0.05) is 6.61 Å². The van der Waals surface area contributed by atoms with Crippen molar-refractivity contribution in [2.75, 3.05) is 19.7 Å². The van der Waals surface area contributed by atoms with Crippen LogP contribution in [0.2, 0.25) is 0 Å². The third-order valence-corrected chi connectivity index (χ3v) is 4.28. The summed E-state index contributed by atoms with van der Waals surface area (Å²) in [5, 5.41) is 3.30. The predicted molar refractivity (Wildman–Crippen MR) is 77.2 cm³/mol. The van der Waals surface area contributed by atoms with Crippen LogP contribution in [0.3, 0.4) is 0 Å². The summed E-state index contributed by atoms with van der Waals surface area (Å²) in [6, 6.07) is 8.37. The molecule has 1 aromatic carbocycles. The number of rotatable bonds is 3. The monoisotopic (exact) mass is 274 g/mol. The molecule has 4 heteroatoms. The molecule has 20 heavy (non-hydrogen) atoms. The Labute approximate surface area is 120 Å². The number of ether oxygens (including phenoxy) is 1. The van der Waals surface area contributed by atoms with Gasteiger partial charge in [-0.25, -0.2) is 0 Å². The van der Waals surface area contributed by atoms with E-state index in [0.717, 1.165) is 25.0 Å². The van der Waals surface area contributed by atoms with Gasteiger partial charge in [-0.2, -0.15) is 0 Å². The first kappa shape index (κ1) is 13.6. The Morgan fingerprint density at radius 2 is 2.15 bits per heavy atom. The molecule has 0 bridgehead atoms. The number of hydrogen-bond donors (Lipinski definition) is 1. The van der Waals surface area contributed by atoms with Gasteiger partial charge in [-0.05, 0) is 32.3 Å². The van der Waals surface area contributed by atoms with E-state index < -0.39 is 0 Å². The van der Waals surface area contributed by atoms with Gasteiger partial charge in [0.05, 0.1) is 18.7 Å². The van der Waals surface area contributed by atoms with Crippen LogP contribution in [0, 0.1) is 6.92 Å². The lowest BCUT2D eigenvalue weighted by atomic mass is 10.0. The fraction of sp³-hybridized carbons (Fsp3) is 0.562. The molecule has 0 aliphatic carbocycles. The lowest BCUT2D eigenvalue weighted by Gasteiger charge is -2.33. The van der Waals surface area contributed by atoms with Gasteiger partial charge in [-0.15, -0.1) is 0 Å². The number of amides is 1. The van der Waals surface area contributed by atoms with E-state index >= 15 is 0 Å². The fourth-order valence-electron chi connectivity index (χ4n) is 3.09. The van der Waals surface area contributed by atoms with Gasteiger partial charge in [-0.3, -0.25) is 10.1 Å². The molecule has 1 N–H and O–H groups in total. The van der Waals surface area contributed by atoms with Gasteiger partial charge in [0.2, 0.25) is 5.91 Å². The van der Waals surface area contributed by atoms with E-state index in [2.05, 4.69) is 43.4 Å². The number of carbonyl (C=O) groups is 1. The standard InChI is InChI=1S/C16H22N2O2/c1-12-4-6-13(7-5-12)15-17-10-14(19)18(15)11-16(2)8-3-9-20-16/h4-7,15,17H,3,8-11H2,1-2H3. The van der Waals surface area contributed by atoms with Crippen LogP contribution in [0.1, 0.15) is 37.1 Å². The van der Waals surface area contributed by atoms with E-state index in [1.807, 2.05) is 4.90 Å². The quantitative estimate of drug-likeness (QED) is 0.916. The van der Waals surface area contributed by atoms with Crippen LogP contribution in [-0.2, 0) is 9.53 Å². The SMILES string of the molecule is Cc1ccc(C2NCC(=O)N2CC2(C)CCCO2)cc1. The minimum absolute atomic E-state index is 0.0240. The zero-order valence-electron chi connectivity index (χ0n) is 12.2. The Bertz CT molecular complexity index is 492. The molecule has 2 aliphatic heterocycles.